The zero-order valence-corrected chi connectivity index (χ0v) is 15.9. The van der Waals surface area contributed by atoms with Crippen LogP contribution in [0.3, 0.4) is 0 Å². The molecular formula is C19H32N4O2. The van der Waals surface area contributed by atoms with Gasteiger partial charge in [-0.2, -0.15) is 5.10 Å². The van der Waals surface area contributed by atoms with Crippen LogP contribution in [0, 0.1) is 6.92 Å². The molecule has 0 saturated carbocycles. The number of rotatable bonds is 5. The molecule has 0 spiro atoms. The average Bonchev–Trinajstić information content (AvgIpc) is 3.05. The number of aromatic nitrogens is 2. The third-order valence-electron chi connectivity index (χ3n) is 5.74. The fourth-order valence-electron chi connectivity index (χ4n) is 4.10. The Bertz CT molecular complexity index is 568. The zero-order valence-electron chi connectivity index (χ0n) is 15.9. The molecular weight excluding hydrogens is 316 g/mol. The van der Waals surface area contributed by atoms with Gasteiger partial charge in [0.25, 0.3) is 5.91 Å². The molecule has 0 radical (unpaired) electrons. The molecule has 2 fully saturated rings. The van der Waals surface area contributed by atoms with Gasteiger partial charge in [-0.1, -0.05) is 13.8 Å². The highest BCUT2D eigenvalue weighted by Crippen LogP contribution is 2.20. The summed E-state index contributed by atoms with van der Waals surface area (Å²) in [7, 11) is 0. The molecule has 3 rings (SSSR count). The lowest BCUT2D eigenvalue weighted by atomic mass is 10.1. The minimum atomic E-state index is 0.0828. The van der Waals surface area contributed by atoms with Gasteiger partial charge in [-0.05, 0) is 38.7 Å². The van der Waals surface area contributed by atoms with E-state index in [1.807, 2.05) is 22.6 Å². The second-order valence-electron chi connectivity index (χ2n) is 7.26. The standard InChI is InChI=1S/C19H32N4O2/c1-4-16(5-2)23-15(3)14-18(20-23)19(24)22-10-8-21(9-11-22)17-6-12-25-13-7-17/h14,16-17H,4-13H2,1-3H3. The Morgan fingerprint density at radius 1 is 1.20 bits per heavy atom. The van der Waals surface area contributed by atoms with Gasteiger partial charge in [0.05, 0.1) is 6.04 Å². The summed E-state index contributed by atoms with van der Waals surface area (Å²) in [5.74, 6) is 0.0828. The van der Waals surface area contributed by atoms with E-state index in [9.17, 15) is 4.79 Å². The zero-order chi connectivity index (χ0) is 17.8. The molecule has 0 N–H and O–H groups in total. The van der Waals surface area contributed by atoms with E-state index in [2.05, 4.69) is 23.8 Å². The van der Waals surface area contributed by atoms with Gasteiger partial charge in [-0.25, -0.2) is 0 Å². The van der Waals surface area contributed by atoms with E-state index in [0.717, 1.165) is 70.8 Å². The van der Waals surface area contributed by atoms with Crippen LogP contribution >= 0.6 is 0 Å². The third-order valence-corrected chi connectivity index (χ3v) is 5.74. The maximum absolute atomic E-state index is 12.9. The van der Waals surface area contributed by atoms with E-state index >= 15 is 0 Å². The Balaban J connectivity index is 1.60. The minimum Gasteiger partial charge on any atom is -0.381 e. The summed E-state index contributed by atoms with van der Waals surface area (Å²) in [6.45, 7) is 11.7. The van der Waals surface area contributed by atoms with Crippen LogP contribution in [0.15, 0.2) is 6.07 Å². The smallest absolute Gasteiger partial charge is 0.274 e. The van der Waals surface area contributed by atoms with Crippen LogP contribution in [0.4, 0.5) is 0 Å². The number of nitrogens with zero attached hydrogens (tertiary/aromatic N) is 4. The van der Waals surface area contributed by atoms with Gasteiger partial charge < -0.3 is 9.64 Å². The normalized spacial score (nSPS) is 20.4. The summed E-state index contributed by atoms with van der Waals surface area (Å²) in [6.07, 6.45) is 4.31. The van der Waals surface area contributed by atoms with Gasteiger partial charge in [-0.3, -0.25) is 14.4 Å². The molecule has 2 aliphatic heterocycles. The molecule has 0 unspecified atom stereocenters. The molecule has 140 valence electrons. The first-order valence-corrected chi connectivity index (χ1v) is 9.81. The average molecular weight is 348 g/mol. The van der Waals surface area contributed by atoms with Crippen LogP contribution in [0.1, 0.15) is 61.8 Å². The number of aryl methyl sites for hydroxylation is 1. The maximum atomic E-state index is 12.9. The summed E-state index contributed by atoms with van der Waals surface area (Å²) in [6, 6.07) is 2.96. The topological polar surface area (TPSA) is 50.6 Å². The highest BCUT2D eigenvalue weighted by Gasteiger charge is 2.29. The van der Waals surface area contributed by atoms with Gasteiger partial charge in [0, 0.05) is 51.1 Å². The van der Waals surface area contributed by atoms with Crippen LogP contribution in [0.25, 0.3) is 0 Å². The van der Waals surface area contributed by atoms with Crippen molar-refractivity contribution in [2.24, 2.45) is 0 Å². The number of amides is 1. The van der Waals surface area contributed by atoms with Gasteiger partial charge in [0.1, 0.15) is 0 Å². The molecule has 25 heavy (non-hydrogen) atoms. The molecule has 1 amide bonds. The summed E-state index contributed by atoms with van der Waals surface area (Å²) in [5, 5.41) is 4.63. The van der Waals surface area contributed by atoms with Gasteiger partial charge in [0.15, 0.2) is 5.69 Å². The second-order valence-corrected chi connectivity index (χ2v) is 7.26. The molecule has 6 heteroatoms. The first-order valence-electron chi connectivity index (χ1n) is 9.81. The van der Waals surface area contributed by atoms with E-state index in [0.29, 0.717) is 17.8 Å². The summed E-state index contributed by atoms with van der Waals surface area (Å²) >= 11 is 0. The van der Waals surface area contributed by atoms with Gasteiger partial charge >= 0.3 is 0 Å². The lowest BCUT2D eigenvalue weighted by Crippen LogP contribution is -2.53. The summed E-state index contributed by atoms with van der Waals surface area (Å²) < 4.78 is 7.49. The minimum absolute atomic E-state index is 0.0828. The molecule has 6 nitrogen and oxygen atoms in total. The van der Waals surface area contributed by atoms with E-state index in [1.165, 1.54) is 0 Å². The van der Waals surface area contributed by atoms with Gasteiger partial charge in [-0.15, -0.1) is 0 Å². The number of hydrogen-bond donors (Lipinski definition) is 0. The van der Waals surface area contributed by atoms with Crippen molar-refractivity contribution in [1.82, 2.24) is 19.6 Å². The fourth-order valence-corrected chi connectivity index (χ4v) is 4.10. The predicted molar refractivity (Wildman–Crippen MR) is 97.9 cm³/mol. The number of ether oxygens (including phenoxy) is 1. The maximum Gasteiger partial charge on any atom is 0.274 e. The Hall–Kier alpha value is -1.40. The highest BCUT2D eigenvalue weighted by atomic mass is 16.5. The van der Waals surface area contributed by atoms with Crippen LogP contribution in [0.2, 0.25) is 0 Å². The third kappa shape index (κ3) is 4.06. The molecule has 2 saturated heterocycles. The van der Waals surface area contributed by atoms with Crippen molar-refractivity contribution in [3.8, 4) is 0 Å². The Labute approximate surface area is 151 Å². The first kappa shape index (κ1) is 18.4. The van der Waals surface area contributed by atoms with E-state index < -0.39 is 0 Å². The van der Waals surface area contributed by atoms with Crippen LogP contribution in [-0.2, 0) is 4.74 Å². The predicted octanol–water partition coefficient (Wildman–Crippen LogP) is 2.49. The first-order chi connectivity index (χ1) is 12.1. The number of carbonyl (C=O) groups excluding carboxylic acids is 1. The number of piperazine rings is 1. The Morgan fingerprint density at radius 2 is 1.84 bits per heavy atom. The molecule has 0 bridgehead atoms. The molecule has 0 aromatic carbocycles. The molecule has 3 heterocycles. The molecule has 0 aliphatic carbocycles. The van der Waals surface area contributed by atoms with Crippen molar-refractivity contribution < 1.29 is 9.53 Å². The van der Waals surface area contributed by atoms with E-state index in [1.54, 1.807) is 0 Å². The van der Waals surface area contributed by atoms with Crippen molar-refractivity contribution in [2.75, 3.05) is 39.4 Å². The Kier molecular flexibility index (Phi) is 6.12. The second kappa shape index (κ2) is 8.32. The largest absolute Gasteiger partial charge is 0.381 e. The van der Waals surface area contributed by atoms with Crippen molar-refractivity contribution in [2.45, 2.75) is 58.5 Å². The number of carbonyl (C=O) groups is 1. The van der Waals surface area contributed by atoms with E-state index in [4.69, 9.17) is 4.74 Å². The van der Waals surface area contributed by atoms with Crippen LogP contribution < -0.4 is 0 Å². The lowest BCUT2D eigenvalue weighted by molar-refractivity contribution is 0.0136. The SMILES string of the molecule is CCC(CC)n1nc(C(=O)N2CCN(C3CCOCC3)CC2)cc1C. The van der Waals surface area contributed by atoms with Crippen molar-refractivity contribution >= 4 is 5.91 Å². The van der Waals surface area contributed by atoms with Crippen LogP contribution in [-0.4, -0.2) is 70.9 Å². The Morgan fingerprint density at radius 3 is 2.44 bits per heavy atom. The molecule has 0 atom stereocenters. The highest BCUT2D eigenvalue weighted by molar-refractivity contribution is 5.92. The summed E-state index contributed by atoms with van der Waals surface area (Å²) in [4.78, 5) is 17.4. The van der Waals surface area contributed by atoms with Crippen LogP contribution in [0.5, 0.6) is 0 Å². The van der Waals surface area contributed by atoms with E-state index in [-0.39, 0.29) is 5.91 Å². The quantitative estimate of drug-likeness (QED) is 0.820. The summed E-state index contributed by atoms with van der Waals surface area (Å²) in [5.41, 5.74) is 1.68. The van der Waals surface area contributed by atoms with Crippen molar-refractivity contribution in [3.63, 3.8) is 0 Å². The fraction of sp³-hybridized carbons (Fsp3) is 0.789. The van der Waals surface area contributed by atoms with Gasteiger partial charge in [0.2, 0.25) is 0 Å². The number of hydrogen-bond acceptors (Lipinski definition) is 4. The van der Waals surface area contributed by atoms with Crippen molar-refractivity contribution in [3.05, 3.63) is 17.5 Å². The molecule has 2 aliphatic rings. The molecule has 1 aromatic rings. The lowest BCUT2D eigenvalue weighted by Gasteiger charge is -2.40. The molecule has 1 aromatic heterocycles. The monoisotopic (exact) mass is 348 g/mol. The van der Waals surface area contributed by atoms with Crippen molar-refractivity contribution in [1.29, 1.82) is 0 Å².